The van der Waals surface area contributed by atoms with Crippen molar-refractivity contribution in [1.29, 1.82) is 0 Å². The Bertz CT molecular complexity index is 812. The first-order valence-electron chi connectivity index (χ1n) is 12.2. The number of hydrazone groups is 1. The van der Waals surface area contributed by atoms with Crippen LogP contribution < -0.4 is 5.43 Å². The van der Waals surface area contributed by atoms with Gasteiger partial charge in [0.2, 0.25) is 0 Å². The molecule has 0 radical (unpaired) electrons. The molecule has 4 aliphatic carbocycles. The Morgan fingerprint density at radius 1 is 1.25 bits per heavy atom. The quantitative estimate of drug-likeness (QED) is 0.345. The maximum absolute atomic E-state index is 11.8. The van der Waals surface area contributed by atoms with E-state index in [0.717, 1.165) is 38.5 Å². The van der Waals surface area contributed by atoms with Gasteiger partial charge in [0.15, 0.2) is 0 Å². The standard InChI is InChI=1S/C25H40N2O5/c1-6-32-22(30)27-26-15(2)25(31-5)21(29)14-20-18-8-7-16-13-17(28)9-11-23(16,3)19(18)10-12-24(20,25)4/h7,17-21,28-29H,6,8-14H2,1-5H3,(H,27,30). The zero-order valence-electron chi connectivity index (χ0n) is 20.2. The molecule has 4 aliphatic rings. The highest BCUT2D eigenvalue weighted by molar-refractivity contribution is 5.93. The number of carbonyl (C=O) groups excluding carboxylic acids is 1. The van der Waals surface area contributed by atoms with Crippen molar-refractivity contribution in [2.24, 2.45) is 33.7 Å². The van der Waals surface area contributed by atoms with Crippen molar-refractivity contribution < 1.29 is 24.5 Å². The molecule has 3 saturated carbocycles. The van der Waals surface area contributed by atoms with Crippen molar-refractivity contribution in [2.75, 3.05) is 13.7 Å². The van der Waals surface area contributed by atoms with Crippen molar-refractivity contribution in [2.45, 2.75) is 90.4 Å². The van der Waals surface area contributed by atoms with Crippen molar-refractivity contribution >= 4 is 11.8 Å². The first kappa shape index (κ1) is 23.7. The molecule has 0 aliphatic heterocycles. The first-order valence-corrected chi connectivity index (χ1v) is 12.2. The largest absolute Gasteiger partial charge is 0.449 e. The maximum atomic E-state index is 11.8. The molecular formula is C25H40N2O5. The summed E-state index contributed by atoms with van der Waals surface area (Å²) in [5.74, 6) is 1.32. The number of nitrogens with zero attached hydrogens (tertiary/aromatic N) is 1. The summed E-state index contributed by atoms with van der Waals surface area (Å²) >= 11 is 0. The molecular weight excluding hydrogens is 408 g/mol. The molecule has 0 bridgehead atoms. The van der Waals surface area contributed by atoms with Gasteiger partial charge in [0.05, 0.1) is 24.5 Å². The summed E-state index contributed by atoms with van der Waals surface area (Å²) in [6, 6.07) is 0. The van der Waals surface area contributed by atoms with Gasteiger partial charge in [-0.05, 0) is 82.0 Å². The van der Waals surface area contributed by atoms with Crippen LogP contribution in [0.2, 0.25) is 0 Å². The lowest BCUT2D eigenvalue weighted by molar-refractivity contribution is -0.131. The number of carbonyl (C=O) groups is 1. The van der Waals surface area contributed by atoms with Crippen LogP contribution in [0, 0.1) is 28.6 Å². The molecule has 0 aromatic rings. The average molecular weight is 449 g/mol. The van der Waals surface area contributed by atoms with E-state index in [1.54, 1.807) is 14.0 Å². The monoisotopic (exact) mass is 448 g/mol. The molecule has 0 aromatic carbocycles. The summed E-state index contributed by atoms with van der Waals surface area (Å²) in [5.41, 5.74) is 3.39. The Hall–Kier alpha value is -1.44. The average Bonchev–Trinajstić information content (AvgIpc) is 2.99. The second-order valence-corrected chi connectivity index (χ2v) is 10.8. The van der Waals surface area contributed by atoms with Crippen molar-refractivity contribution in [3.8, 4) is 0 Å². The third kappa shape index (κ3) is 3.26. The van der Waals surface area contributed by atoms with Crippen molar-refractivity contribution in [3.63, 3.8) is 0 Å². The molecule has 0 saturated heterocycles. The smallest absolute Gasteiger partial charge is 0.427 e. The molecule has 4 rings (SSSR count). The molecule has 0 heterocycles. The highest BCUT2D eigenvalue weighted by atomic mass is 16.6. The number of fused-ring (bicyclic) bond motifs is 5. The second kappa shape index (κ2) is 8.41. The van der Waals surface area contributed by atoms with Gasteiger partial charge in [0, 0.05) is 12.5 Å². The lowest BCUT2D eigenvalue weighted by Crippen LogP contribution is -2.61. The highest BCUT2D eigenvalue weighted by Gasteiger charge is 2.69. The van der Waals surface area contributed by atoms with Crippen LogP contribution in [-0.4, -0.2) is 53.5 Å². The van der Waals surface area contributed by atoms with Gasteiger partial charge in [-0.3, -0.25) is 0 Å². The molecule has 8 unspecified atom stereocenters. The van der Waals surface area contributed by atoms with Crippen LogP contribution in [0.3, 0.4) is 0 Å². The molecule has 3 fully saturated rings. The minimum Gasteiger partial charge on any atom is -0.449 e. The number of hydrogen-bond donors (Lipinski definition) is 3. The second-order valence-electron chi connectivity index (χ2n) is 10.8. The summed E-state index contributed by atoms with van der Waals surface area (Å²) < 4.78 is 11.1. The van der Waals surface area contributed by atoms with Crippen LogP contribution in [-0.2, 0) is 9.47 Å². The summed E-state index contributed by atoms with van der Waals surface area (Å²) in [5, 5.41) is 25.9. The van der Waals surface area contributed by atoms with E-state index >= 15 is 0 Å². The van der Waals surface area contributed by atoms with E-state index in [1.165, 1.54) is 5.57 Å². The van der Waals surface area contributed by atoms with Gasteiger partial charge in [-0.25, -0.2) is 10.2 Å². The number of allylic oxidation sites excluding steroid dienone is 1. The van der Waals surface area contributed by atoms with E-state index < -0.39 is 17.8 Å². The number of nitrogens with one attached hydrogen (secondary N) is 1. The molecule has 1 amide bonds. The van der Waals surface area contributed by atoms with E-state index in [9.17, 15) is 15.0 Å². The van der Waals surface area contributed by atoms with E-state index in [2.05, 4.69) is 30.5 Å². The normalized spacial score (nSPS) is 45.9. The van der Waals surface area contributed by atoms with Gasteiger partial charge in [0.1, 0.15) is 5.60 Å². The SMILES string of the molecule is CCOC(=O)NN=C(C)C1(OC)C(O)CC2C3CC=C4CC(O)CCC4(C)C3CCC21C. The molecule has 180 valence electrons. The van der Waals surface area contributed by atoms with Crippen molar-refractivity contribution in [1.82, 2.24) is 5.43 Å². The number of hydrogen-bond acceptors (Lipinski definition) is 6. The zero-order valence-corrected chi connectivity index (χ0v) is 20.2. The minimum absolute atomic E-state index is 0.140. The van der Waals surface area contributed by atoms with Gasteiger partial charge in [-0.15, -0.1) is 0 Å². The minimum atomic E-state index is -0.949. The Morgan fingerprint density at radius 3 is 2.69 bits per heavy atom. The highest BCUT2D eigenvalue weighted by Crippen LogP contribution is 2.68. The molecule has 7 heteroatoms. The van der Waals surface area contributed by atoms with E-state index in [-0.39, 0.29) is 23.5 Å². The zero-order chi connectivity index (χ0) is 23.3. The van der Waals surface area contributed by atoms with Gasteiger partial charge in [-0.2, -0.15) is 5.10 Å². The third-order valence-electron chi connectivity index (χ3n) is 9.71. The Morgan fingerprint density at radius 2 is 2.00 bits per heavy atom. The lowest BCUT2D eigenvalue weighted by atomic mass is 9.46. The summed E-state index contributed by atoms with van der Waals surface area (Å²) in [6.45, 7) is 8.49. The predicted octanol–water partition coefficient (Wildman–Crippen LogP) is 3.79. The lowest BCUT2D eigenvalue weighted by Gasteiger charge is -2.59. The Labute approximate surface area is 191 Å². The maximum Gasteiger partial charge on any atom is 0.427 e. The molecule has 8 atom stereocenters. The summed E-state index contributed by atoms with van der Waals surface area (Å²) in [6.07, 6.45) is 7.25. The fraction of sp³-hybridized carbons (Fsp3) is 0.840. The molecule has 0 aromatic heterocycles. The van der Waals surface area contributed by atoms with E-state index in [0.29, 0.717) is 29.9 Å². The number of aliphatic hydroxyl groups excluding tert-OH is 2. The summed E-state index contributed by atoms with van der Waals surface area (Å²) in [7, 11) is 1.65. The van der Waals surface area contributed by atoms with Crippen LogP contribution in [0.1, 0.15) is 72.6 Å². The van der Waals surface area contributed by atoms with Crippen LogP contribution in [0.25, 0.3) is 0 Å². The number of methoxy groups -OCH3 is 1. The summed E-state index contributed by atoms with van der Waals surface area (Å²) in [4.78, 5) is 11.8. The van der Waals surface area contributed by atoms with Crippen LogP contribution >= 0.6 is 0 Å². The predicted molar refractivity (Wildman–Crippen MR) is 122 cm³/mol. The van der Waals surface area contributed by atoms with Crippen molar-refractivity contribution in [3.05, 3.63) is 11.6 Å². The van der Waals surface area contributed by atoms with Gasteiger partial charge >= 0.3 is 6.09 Å². The Balaban J connectivity index is 1.66. The topological polar surface area (TPSA) is 100 Å². The fourth-order valence-electron chi connectivity index (χ4n) is 8.19. The number of rotatable bonds is 4. The van der Waals surface area contributed by atoms with Crippen LogP contribution in [0.15, 0.2) is 16.8 Å². The van der Waals surface area contributed by atoms with Crippen LogP contribution in [0.4, 0.5) is 4.79 Å². The first-order chi connectivity index (χ1) is 15.1. The molecule has 32 heavy (non-hydrogen) atoms. The van der Waals surface area contributed by atoms with Crippen LogP contribution in [0.5, 0.6) is 0 Å². The third-order valence-corrected chi connectivity index (χ3v) is 9.71. The van der Waals surface area contributed by atoms with E-state index in [1.807, 2.05) is 6.92 Å². The number of ether oxygens (including phenoxy) is 2. The Kier molecular flexibility index (Phi) is 6.23. The van der Waals surface area contributed by atoms with Gasteiger partial charge < -0.3 is 19.7 Å². The number of aliphatic hydroxyl groups is 2. The number of amides is 1. The molecule has 0 spiro atoms. The van der Waals surface area contributed by atoms with E-state index in [4.69, 9.17) is 9.47 Å². The van der Waals surface area contributed by atoms with Gasteiger partial charge in [0.25, 0.3) is 0 Å². The molecule has 7 nitrogen and oxygen atoms in total. The molecule has 3 N–H and O–H groups in total. The van der Waals surface area contributed by atoms with Gasteiger partial charge in [-0.1, -0.05) is 25.5 Å². The fourth-order valence-corrected chi connectivity index (χ4v) is 8.19.